The molecule has 1 N–H and O–H groups in total. The molecule has 128 valence electrons. The van der Waals surface area contributed by atoms with Crippen LogP contribution in [0.1, 0.15) is 32.0 Å². The van der Waals surface area contributed by atoms with E-state index in [1.54, 1.807) is 0 Å². The number of fused-ring (bicyclic) bond motifs is 4. The van der Waals surface area contributed by atoms with E-state index >= 15 is 0 Å². The van der Waals surface area contributed by atoms with Gasteiger partial charge in [-0.3, -0.25) is 0 Å². The Kier molecular flexibility index (Phi) is 2.82. The van der Waals surface area contributed by atoms with E-state index in [1.165, 1.54) is 6.33 Å². The third-order valence-electron chi connectivity index (χ3n) is 5.99. The van der Waals surface area contributed by atoms with Crippen LogP contribution in [0.15, 0.2) is 12.4 Å². The van der Waals surface area contributed by atoms with Crippen molar-refractivity contribution >= 4 is 22.6 Å². The van der Waals surface area contributed by atoms with Gasteiger partial charge in [0.15, 0.2) is 5.79 Å². The molecule has 0 aromatic carbocycles. The average Bonchev–Trinajstić information content (AvgIpc) is 2.92. The van der Waals surface area contributed by atoms with Crippen molar-refractivity contribution < 1.29 is 14.6 Å². The maximum absolute atomic E-state index is 10.0. The highest BCUT2D eigenvalue weighted by atomic mass is 35.5. The zero-order valence-electron chi connectivity index (χ0n) is 13.9. The van der Waals surface area contributed by atoms with Crippen molar-refractivity contribution in [2.45, 2.75) is 51.2 Å². The number of aryl methyl sites for hydroxylation is 1. The van der Waals surface area contributed by atoms with E-state index in [4.69, 9.17) is 21.1 Å². The normalized spacial score (nSPS) is 39.2. The molecular formula is C17H20ClN3O3. The minimum absolute atomic E-state index is 0.0818. The molecule has 2 aromatic heterocycles. The van der Waals surface area contributed by atoms with Crippen LogP contribution in [-0.4, -0.2) is 44.2 Å². The minimum Gasteiger partial charge on any atom is -0.396 e. The van der Waals surface area contributed by atoms with Crippen LogP contribution in [0.3, 0.4) is 0 Å². The van der Waals surface area contributed by atoms with Crippen molar-refractivity contribution in [3.05, 3.63) is 23.2 Å². The fraction of sp³-hybridized carbons (Fsp3) is 0.647. The SMILES string of the molecule is Cc1cc2c(Cl)ncnc2n1[C@H]1[C@@H]2OC(C)(C)O[C@@H]2[C@@]2(CO)C[C@H]12. The lowest BCUT2D eigenvalue weighted by atomic mass is 10.0. The number of aliphatic hydroxyl groups excluding tert-OH is 1. The first-order valence-corrected chi connectivity index (χ1v) is 8.70. The van der Waals surface area contributed by atoms with Gasteiger partial charge in [-0.2, -0.15) is 0 Å². The molecule has 6 nitrogen and oxygen atoms in total. The van der Waals surface area contributed by atoms with Crippen LogP contribution >= 0.6 is 11.6 Å². The predicted octanol–water partition coefficient (Wildman–Crippen LogP) is 2.47. The smallest absolute Gasteiger partial charge is 0.163 e. The summed E-state index contributed by atoms with van der Waals surface area (Å²) in [6, 6.07) is 2.11. The second-order valence-corrected chi connectivity index (χ2v) is 8.13. The Morgan fingerprint density at radius 3 is 2.92 bits per heavy atom. The van der Waals surface area contributed by atoms with Gasteiger partial charge in [0.1, 0.15) is 23.2 Å². The van der Waals surface area contributed by atoms with E-state index in [1.807, 2.05) is 19.9 Å². The Bertz CT molecular complexity index is 851. The number of aromatic nitrogens is 3. The summed E-state index contributed by atoms with van der Waals surface area (Å²) in [6.07, 6.45) is 2.28. The molecule has 5 atom stereocenters. The molecule has 2 aromatic rings. The molecule has 3 fully saturated rings. The van der Waals surface area contributed by atoms with Gasteiger partial charge in [0.2, 0.25) is 0 Å². The van der Waals surface area contributed by atoms with Gasteiger partial charge >= 0.3 is 0 Å². The van der Waals surface area contributed by atoms with E-state index in [-0.39, 0.29) is 30.3 Å². The molecule has 7 heteroatoms. The molecule has 3 heterocycles. The largest absolute Gasteiger partial charge is 0.396 e. The fourth-order valence-electron chi connectivity index (χ4n) is 4.95. The molecule has 1 aliphatic heterocycles. The summed E-state index contributed by atoms with van der Waals surface area (Å²) < 4.78 is 14.6. The second kappa shape index (κ2) is 4.49. The molecule has 0 radical (unpaired) electrons. The van der Waals surface area contributed by atoms with E-state index in [2.05, 4.69) is 21.5 Å². The van der Waals surface area contributed by atoms with Crippen LogP contribution in [0.2, 0.25) is 5.15 Å². The van der Waals surface area contributed by atoms with Gasteiger partial charge in [0.05, 0.1) is 24.1 Å². The Morgan fingerprint density at radius 2 is 2.17 bits per heavy atom. The standard InChI is InChI=1S/C17H20ClN3O3/c1-8-4-9-14(18)19-7-20-15(9)21(8)11-10-5-17(10,6-22)13-12(11)23-16(2,3)24-13/h4,7,10-13,22H,5-6H2,1-3H3/t10-,11-,12+,13+,17-/m1/s1. The van der Waals surface area contributed by atoms with Crippen molar-refractivity contribution in [2.24, 2.45) is 11.3 Å². The monoisotopic (exact) mass is 349 g/mol. The van der Waals surface area contributed by atoms with Crippen LogP contribution in [0, 0.1) is 18.3 Å². The molecule has 1 saturated heterocycles. The van der Waals surface area contributed by atoms with Crippen molar-refractivity contribution in [1.29, 1.82) is 0 Å². The lowest BCUT2D eigenvalue weighted by molar-refractivity contribution is -0.163. The van der Waals surface area contributed by atoms with Crippen molar-refractivity contribution in [2.75, 3.05) is 6.61 Å². The lowest BCUT2D eigenvalue weighted by Crippen LogP contribution is -2.33. The number of aliphatic hydroxyl groups is 1. The Labute approximate surface area is 144 Å². The molecule has 0 amide bonds. The molecule has 0 spiro atoms. The number of hydrogen-bond acceptors (Lipinski definition) is 5. The fourth-order valence-corrected chi connectivity index (χ4v) is 5.14. The van der Waals surface area contributed by atoms with Crippen LogP contribution in [-0.2, 0) is 9.47 Å². The summed E-state index contributed by atoms with van der Waals surface area (Å²) in [7, 11) is 0. The molecule has 5 rings (SSSR count). The van der Waals surface area contributed by atoms with Gasteiger partial charge < -0.3 is 19.1 Å². The molecule has 0 bridgehead atoms. The summed E-state index contributed by atoms with van der Waals surface area (Å²) >= 11 is 6.25. The Hall–Kier alpha value is -1.21. The van der Waals surface area contributed by atoms with E-state index < -0.39 is 5.79 Å². The number of rotatable bonds is 2. The summed E-state index contributed by atoms with van der Waals surface area (Å²) in [5.74, 6) is -0.302. The van der Waals surface area contributed by atoms with Crippen LogP contribution in [0.25, 0.3) is 11.0 Å². The highest BCUT2D eigenvalue weighted by molar-refractivity contribution is 6.33. The summed E-state index contributed by atoms with van der Waals surface area (Å²) in [5, 5.41) is 11.4. The summed E-state index contributed by atoms with van der Waals surface area (Å²) in [5.41, 5.74) is 1.71. The topological polar surface area (TPSA) is 69.4 Å². The third kappa shape index (κ3) is 1.72. The molecule has 2 aliphatic carbocycles. The maximum Gasteiger partial charge on any atom is 0.163 e. The van der Waals surface area contributed by atoms with Crippen LogP contribution < -0.4 is 0 Å². The van der Waals surface area contributed by atoms with Crippen molar-refractivity contribution in [3.8, 4) is 0 Å². The zero-order chi connectivity index (χ0) is 16.9. The Morgan fingerprint density at radius 1 is 1.38 bits per heavy atom. The summed E-state index contributed by atoms with van der Waals surface area (Å²) in [4.78, 5) is 8.55. The highest BCUT2D eigenvalue weighted by Crippen LogP contribution is 2.71. The highest BCUT2D eigenvalue weighted by Gasteiger charge is 2.75. The van der Waals surface area contributed by atoms with Gasteiger partial charge in [-0.25, -0.2) is 9.97 Å². The molecule has 0 unspecified atom stereocenters. The zero-order valence-corrected chi connectivity index (χ0v) is 14.6. The number of hydrogen-bond donors (Lipinski definition) is 1. The number of ether oxygens (including phenoxy) is 2. The molecule has 3 aliphatic rings. The van der Waals surface area contributed by atoms with Gasteiger partial charge in [-0.1, -0.05) is 11.6 Å². The summed E-state index contributed by atoms with van der Waals surface area (Å²) in [6.45, 7) is 6.05. The maximum atomic E-state index is 10.0. The molecule has 2 saturated carbocycles. The van der Waals surface area contributed by atoms with Crippen LogP contribution in [0.4, 0.5) is 0 Å². The first-order valence-electron chi connectivity index (χ1n) is 8.32. The van der Waals surface area contributed by atoms with Crippen LogP contribution in [0.5, 0.6) is 0 Å². The van der Waals surface area contributed by atoms with E-state index in [0.717, 1.165) is 23.1 Å². The van der Waals surface area contributed by atoms with E-state index in [9.17, 15) is 5.11 Å². The van der Waals surface area contributed by atoms with Crippen molar-refractivity contribution in [1.82, 2.24) is 14.5 Å². The second-order valence-electron chi connectivity index (χ2n) is 7.77. The first-order chi connectivity index (χ1) is 11.4. The Balaban J connectivity index is 1.68. The van der Waals surface area contributed by atoms with E-state index in [0.29, 0.717) is 11.1 Å². The first kappa shape index (κ1) is 15.1. The number of nitrogens with zero attached hydrogens (tertiary/aromatic N) is 3. The van der Waals surface area contributed by atoms with Gasteiger partial charge in [0.25, 0.3) is 0 Å². The lowest BCUT2D eigenvalue weighted by Gasteiger charge is -2.25. The van der Waals surface area contributed by atoms with Crippen molar-refractivity contribution in [3.63, 3.8) is 0 Å². The molecular weight excluding hydrogens is 330 g/mol. The van der Waals surface area contributed by atoms with Gasteiger partial charge in [-0.15, -0.1) is 0 Å². The average molecular weight is 350 g/mol. The third-order valence-corrected chi connectivity index (χ3v) is 6.29. The predicted molar refractivity (Wildman–Crippen MR) is 87.8 cm³/mol. The minimum atomic E-state index is -0.632. The number of halogens is 1. The molecule has 24 heavy (non-hydrogen) atoms. The van der Waals surface area contributed by atoms with Gasteiger partial charge in [-0.05, 0) is 39.2 Å². The quantitative estimate of drug-likeness (QED) is 0.843. The van der Waals surface area contributed by atoms with Gasteiger partial charge in [0, 0.05) is 11.1 Å².